The third kappa shape index (κ3) is 5.10. The molecule has 2 aliphatic rings. The Kier molecular flexibility index (Phi) is 6.53. The molecule has 0 bridgehead atoms. The standard InChI is InChI=1S/C22H33N3O2/c1-16(2)24-12-14-25(15-13-24)22(27)19-6-10-21(11-7-19)23-20-8-4-18(5-9-20)17(3)26/h4-5,8-9,16,19,21,23H,6-7,10-15H2,1-3H3/t19-,21+. The summed E-state index contributed by atoms with van der Waals surface area (Å²) in [7, 11) is 0. The van der Waals surface area contributed by atoms with Gasteiger partial charge >= 0.3 is 0 Å². The number of Topliss-reactive ketones (excluding diaryl/α,β-unsaturated/α-hetero) is 1. The van der Waals surface area contributed by atoms with Crippen LogP contribution in [-0.2, 0) is 4.79 Å². The molecule has 0 unspecified atom stereocenters. The Morgan fingerprint density at radius 3 is 2.07 bits per heavy atom. The number of piperazine rings is 1. The van der Waals surface area contributed by atoms with Crippen molar-refractivity contribution in [3.63, 3.8) is 0 Å². The third-order valence-corrected chi connectivity index (χ3v) is 6.09. The van der Waals surface area contributed by atoms with E-state index in [9.17, 15) is 9.59 Å². The van der Waals surface area contributed by atoms with E-state index in [2.05, 4.69) is 29.0 Å². The van der Waals surface area contributed by atoms with Crippen LogP contribution in [0.5, 0.6) is 0 Å². The first-order valence-electron chi connectivity index (χ1n) is 10.3. The second-order valence-electron chi connectivity index (χ2n) is 8.28. The second-order valence-corrected chi connectivity index (χ2v) is 8.28. The van der Waals surface area contributed by atoms with Gasteiger partial charge in [0.1, 0.15) is 0 Å². The average molecular weight is 372 g/mol. The zero-order chi connectivity index (χ0) is 19.4. The molecule has 0 radical (unpaired) electrons. The van der Waals surface area contributed by atoms with E-state index in [-0.39, 0.29) is 11.7 Å². The maximum absolute atomic E-state index is 12.9. The second kappa shape index (κ2) is 8.87. The van der Waals surface area contributed by atoms with Crippen molar-refractivity contribution in [2.45, 2.75) is 58.5 Å². The van der Waals surface area contributed by atoms with Crippen molar-refractivity contribution >= 4 is 17.4 Å². The van der Waals surface area contributed by atoms with Gasteiger partial charge in [-0.3, -0.25) is 14.5 Å². The van der Waals surface area contributed by atoms with E-state index in [1.807, 2.05) is 24.3 Å². The summed E-state index contributed by atoms with van der Waals surface area (Å²) in [6, 6.07) is 8.67. The Balaban J connectivity index is 1.44. The van der Waals surface area contributed by atoms with E-state index < -0.39 is 0 Å². The minimum atomic E-state index is 0.0924. The van der Waals surface area contributed by atoms with Crippen LogP contribution in [0.15, 0.2) is 24.3 Å². The number of hydrogen-bond acceptors (Lipinski definition) is 4. The first-order valence-corrected chi connectivity index (χ1v) is 10.3. The maximum Gasteiger partial charge on any atom is 0.225 e. The highest BCUT2D eigenvalue weighted by Gasteiger charge is 2.31. The van der Waals surface area contributed by atoms with E-state index in [0.29, 0.717) is 18.0 Å². The van der Waals surface area contributed by atoms with Crippen molar-refractivity contribution in [2.24, 2.45) is 5.92 Å². The lowest BCUT2D eigenvalue weighted by molar-refractivity contribution is -0.138. The fraction of sp³-hybridized carbons (Fsp3) is 0.636. The Labute approximate surface area is 163 Å². The van der Waals surface area contributed by atoms with E-state index >= 15 is 0 Å². The normalized spacial score (nSPS) is 24.1. The highest BCUT2D eigenvalue weighted by atomic mass is 16.2. The molecule has 0 atom stereocenters. The number of hydrogen-bond donors (Lipinski definition) is 1. The fourth-order valence-corrected chi connectivity index (χ4v) is 4.24. The first-order chi connectivity index (χ1) is 12.9. The molecule has 1 aliphatic carbocycles. The predicted octanol–water partition coefficient (Wildman–Crippen LogP) is 3.41. The van der Waals surface area contributed by atoms with Gasteiger partial charge in [-0.25, -0.2) is 0 Å². The molecular formula is C22H33N3O2. The molecule has 1 aromatic rings. The van der Waals surface area contributed by atoms with Crippen molar-refractivity contribution in [3.05, 3.63) is 29.8 Å². The number of carbonyl (C=O) groups excluding carboxylic acids is 2. The van der Waals surface area contributed by atoms with Crippen molar-refractivity contribution in [2.75, 3.05) is 31.5 Å². The van der Waals surface area contributed by atoms with Crippen LogP contribution in [0.3, 0.4) is 0 Å². The van der Waals surface area contributed by atoms with Crippen molar-refractivity contribution in [1.29, 1.82) is 0 Å². The number of carbonyl (C=O) groups is 2. The predicted molar refractivity (Wildman–Crippen MR) is 109 cm³/mol. The van der Waals surface area contributed by atoms with Crippen LogP contribution in [0.25, 0.3) is 0 Å². The summed E-state index contributed by atoms with van der Waals surface area (Å²) in [6.45, 7) is 9.77. The van der Waals surface area contributed by atoms with Crippen molar-refractivity contribution in [1.82, 2.24) is 9.80 Å². The lowest BCUT2D eigenvalue weighted by Gasteiger charge is -2.39. The van der Waals surface area contributed by atoms with Crippen LogP contribution < -0.4 is 5.32 Å². The lowest BCUT2D eigenvalue weighted by atomic mass is 9.85. The molecule has 0 spiro atoms. The van der Waals surface area contributed by atoms with Gasteiger partial charge in [0, 0.05) is 55.4 Å². The minimum absolute atomic E-state index is 0.0924. The van der Waals surface area contributed by atoms with Gasteiger partial charge < -0.3 is 10.2 Å². The third-order valence-electron chi connectivity index (χ3n) is 6.09. The zero-order valence-electron chi connectivity index (χ0n) is 16.9. The van der Waals surface area contributed by atoms with Gasteiger partial charge in [0.15, 0.2) is 5.78 Å². The molecule has 1 aromatic carbocycles. The summed E-state index contributed by atoms with van der Waals surface area (Å²) in [4.78, 5) is 28.7. The summed E-state index contributed by atoms with van der Waals surface area (Å²) in [5, 5.41) is 3.56. The Morgan fingerprint density at radius 2 is 1.56 bits per heavy atom. The van der Waals surface area contributed by atoms with Crippen molar-refractivity contribution < 1.29 is 9.59 Å². The minimum Gasteiger partial charge on any atom is -0.382 e. The number of anilines is 1. The molecule has 5 nitrogen and oxygen atoms in total. The molecule has 5 heteroatoms. The molecule has 148 valence electrons. The van der Waals surface area contributed by atoms with Crippen LogP contribution in [0.4, 0.5) is 5.69 Å². The number of nitrogens with zero attached hydrogens (tertiary/aromatic N) is 2. The molecule has 0 aromatic heterocycles. The van der Waals surface area contributed by atoms with Gasteiger partial charge in [-0.2, -0.15) is 0 Å². The Bertz CT molecular complexity index is 640. The summed E-state index contributed by atoms with van der Waals surface area (Å²) in [5.41, 5.74) is 1.80. The van der Waals surface area contributed by atoms with Crippen LogP contribution in [0, 0.1) is 5.92 Å². The molecule has 3 rings (SSSR count). The van der Waals surface area contributed by atoms with Crippen LogP contribution in [0.1, 0.15) is 56.8 Å². The molecule has 1 N–H and O–H groups in total. The lowest BCUT2D eigenvalue weighted by Crippen LogP contribution is -2.52. The maximum atomic E-state index is 12.9. The van der Waals surface area contributed by atoms with E-state index in [4.69, 9.17) is 0 Å². The summed E-state index contributed by atoms with van der Waals surface area (Å²) in [5.74, 6) is 0.645. The molecule has 1 saturated carbocycles. The summed E-state index contributed by atoms with van der Waals surface area (Å²) in [6.07, 6.45) is 3.98. The van der Waals surface area contributed by atoms with Crippen LogP contribution in [-0.4, -0.2) is 59.8 Å². The molecule has 1 amide bonds. The zero-order valence-corrected chi connectivity index (χ0v) is 16.9. The van der Waals surface area contributed by atoms with Gasteiger partial charge in [-0.1, -0.05) is 0 Å². The Hall–Kier alpha value is -1.88. The topological polar surface area (TPSA) is 52.7 Å². The van der Waals surface area contributed by atoms with Gasteiger partial charge in [-0.15, -0.1) is 0 Å². The molecule has 1 aliphatic heterocycles. The molecule has 1 saturated heterocycles. The van der Waals surface area contributed by atoms with Gasteiger partial charge in [0.05, 0.1) is 0 Å². The highest BCUT2D eigenvalue weighted by molar-refractivity contribution is 5.94. The van der Waals surface area contributed by atoms with Crippen molar-refractivity contribution in [3.8, 4) is 0 Å². The van der Waals surface area contributed by atoms with E-state index in [1.165, 1.54) is 0 Å². The quantitative estimate of drug-likeness (QED) is 0.806. The summed E-state index contributed by atoms with van der Waals surface area (Å²) >= 11 is 0. The number of amides is 1. The highest BCUT2D eigenvalue weighted by Crippen LogP contribution is 2.28. The Morgan fingerprint density at radius 1 is 0.963 bits per heavy atom. The number of rotatable bonds is 5. The number of nitrogens with one attached hydrogen (secondary N) is 1. The van der Waals surface area contributed by atoms with E-state index in [1.54, 1.807) is 6.92 Å². The smallest absolute Gasteiger partial charge is 0.225 e. The average Bonchev–Trinajstić information content (AvgIpc) is 2.68. The molecule has 1 heterocycles. The molecule has 27 heavy (non-hydrogen) atoms. The van der Waals surface area contributed by atoms with Crippen LogP contribution in [0.2, 0.25) is 0 Å². The molecular weight excluding hydrogens is 338 g/mol. The first kappa shape index (κ1) is 19.9. The number of benzene rings is 1. The SMILES string of the molecule is CC(=O)c1ccc(N[C@H]2CC[C@@H](C(=O)N3CCN(C(C)C)CC3)CC2)cc1. The van der Waals surface area contributed by atoms with Gasteiger partial charge in [0.25, 0.3) is 0 Å². The monoisotopic (exact) mass is 371 g/mol. The molecule has 2 fully saturated rings. The fourth-order valence-electron chi connectivity index (χ4n) is 4.24. The largest absolute Gasteiger partial charge is 0.382 e. The van der Waals surface area contributed by atoms with Crippen LogP contribution >= 0.6 is 0 Å². The number of ketones is 1. The van der Waals surface area contributed by atoms with E-state index in [0.717, 1.165) is 63.1 Å². The van der Waals surface area contributed by atoms with Gasteiger partial charge in [0.2, 0.25) is 5.91 Å². The summed E-state index contributed by atoms with van der Waals surface area (Å²) < 4.78 is 0. The van der Waals surface area contributed by atoms with Gasteiger partial charge in [-0.05, 0) is 70.7 Å².